The Kier molecular flexibility index (Phi) is 5.61. The van der Waals surface area contributed by atoms with Gasteiger partial charge in [0.15, 0.2) is 5.82 Å². The molecule has 1 aliphatic heterocycles. The van der Waals surface area contributed by atoms with E-state index >= 15 is 0 Å². The molecule has 1 aliphatic rings. The van der Waals surface area contributed by atoms with Crippen LogP contribution >= 0.6 is 0 Å². The Morgan fingerprint density at radius 3 is 2.86 bits per heavy atom. The standard InChI is InChI=1S/C19H28N8O/c1-25-13-16(17(20)18(25)19-21-14-22-24-19)6-5-9-28-27-12-15(10-23-27)11-26-7-3-2-4-8-26/h10,12-14H,2-9,11,20H2,1H3,(H,21,22,24). The van der Waals surface area contributed by atoms with Gasteiger partial charge in [0.25, 0.3) is 0 Å². The van der Waals surface area contributed by atoms with Gasteiger partial charge in [-0.15, -0.1) is 9.94 Å². The number of anilines is 1. The molecule has 3 aromatic rings. The van der Waals surface area contributed by atoms with E-state index in [1.807, 2.05) is 30.2 Å². The number of rotatable bonds is 8. The average molecular weight is 384 g/mol. The molecule has 9 nitrogen and oxygen atoms in total. The third kappa shape index (κ3) is 4.19. The number of aromatic nitrogens is 6. The number of nitrogens with zero attached hydrogens (tertiary/aromatic N) is 6. The van der Waals surface area contributed by atoms with Crippen LogP contribution in [0, 0.1) is 0 Å². The fraction of sp³-hybridized carbons (Fsp3) is 0.526. The molecule has 3 N–H and O–H groups in total. The van der Waals surface area contributed by atoms with Crippen molar-refractivity contribution in [3.63, 3.8) is 0 Å². The van der Waals surface area contributed by atoms with E-state index in [1.165, 1.54) is 44.2 Å². The zero-order valence-electron chi connectivity index (χ0n) is 16.3. The SMILES string of the molecule is Cn1cc(CCCOn2cc(CN3CCCCC3)cn2)c(N)c1-c1ncn[nH]1. The summed E-state index contributed by atoms with van der Waals surface area (Å²) in [5, 5.41) is 11.1. The van der Waals surface area contributed by atoms with Crippen LogP contribution < -0.4 is 10.6 Å². The Hall–Kier alpha value is -2.81. The summed E-state index contributed by atoms with van der Waals surface area (Å²) in [7, 11) is 1.96. The van der Waals surface area contributed by atoms with E-state index in [-0.39, 0.29) is 0 Å². The van der Waals surface area contributed by atoms with Crippen LogP contribution in [0.4, 0.5) is 5.69 Å². The molecular weight excluding hydrogens is 356 g/mol. The number of H-pyrrole nitrogens is 1. The van der Waals surface area contributed by atoms with Crippen molar-refractivity contribution in [1.82, 2.24) is 34.6 Å². The molecule has 0 aromatic carbocycles. The van der Waals surface area contributed by atoms with Gasteiger partial charge in [-0.1, -0.05) is 6.42 Å². The highest BCUT2D eigenvalue weighted by Crippen LogP contribution is 2.28. The molecule has 1 fully saturated rings. The summed E-state index contributed by atoms with van der Waals surface area (Å²) < 4.78 is 1.98. The Balaban J connectivity index is 1.26. The quantitative estimate of drug-likeness (QED) is 0.572. The number of nitrogens with two attached hydrogens (primary N) is 1. The average Bonchev–Trinajstić information content (AvgIpc) is 3.42. The maximum Gasteiger partial charge on any atom is 0.174 e. The number of piperidine rings is 1. The summed E-state index contributed by atoms with van der Waals surface area (Å²) in [4.78, 5) is 14.0. The summed E-state index contributed by atoms with van der Waals surface area (Å²) in [5.41, 5.74) is 10.2. The second-order valence-electron chi connectivity index (χ2n) is 7.39. The number of aromatic amines is 1. The third-order valence-corrected chi connectivity index (χ3v) is 5.23. The predicted molar refractivity (Wildman–Crippen MR) is 106 cm³/mol. The molecule has 1 saturated heterocycles. The topological polar surface area (TPSA) is 103 Å². The monoisotopic (exact) mass is 384 g/mol. The Morgan fingerprint density at radius 2 is 2.07 bits per heavy atom. The van der Waals surface area contributed by atoms with Crippen molar-refractivity contribution >= 4 is 5.69 Å². The van der Waals surface area contributed by atoms with Gasteiger partial charge in [-0.05, 0) is 44.3 Å². The van der Waals surface area contributed by atoms with E-state index in [1.54, 1.807) is 4.85 Å². The molecule has 0 radical (unpaired) electrons. The zero-order valence-corrected chi connectivity index (χ0v) is 16.3. The molecule has 0 aliphatic carbocycles. The summed E-state index contributed by atoms with van der Waals surface area (Å²) in [6.45, 7) is 3.90. The molecule has 4 heterocycles. The molecule has 0 atom stereocenters. The minimum Gasteiger partial charge on any atom is -0.397 e. The first-order valence-electron chi connectivity index (χ1n) is 9.89. The van der Waals surface area contributed by atoms with E-state index in [4.69, 9.17) is 10.6 Å². The van der Waals surface area contributed by atoms with Crippen LogP contribution in [0.1, 0.15) is 36.8 Å². The smallest absolute Gasteiger partial charge is 0.174 e. The number of nitrogens with one attached hydrogen (secondary N) is 1. The lowest BCUT2D eigenvalue weighted by Crippen LogP contribution is -2.28. The maximum absolute atomic E-state index is 6.31. The molecular formula is C19H28N8O. The van der Waals surface area contributed by atoms with Gasteiger partial charge >= 0.3 is 0 Å². The maximum atomic E-state index is 6.31. The van der Waals surface area contributed by atoms with Crippen molar-refractivity contribution in [2.75, 3.05) is 25.4 Å². The fourth-order valence-electron chi connectivity index (χ4n) is 3.81. The lowest BCUT2D eigenvalue weighted by atomic mass is 10.1. The van der Waals surface area contributed by atoms with E-state index in [9.17, 15) is 0 Å². The number of nitrogen functional groups attached to an aromatic ring is 1. The van der Waals surface area contributed by atoms with Crippen molar-refractivity contribution in [3.8, 4) is 11.5 Å². The van der Waals surface area contributed by atoms with E-state index < -0.39 is 0 Å². The van der Waals surface area contributed by atoms with Crippen molar-refractivity contribution in [1.29, 1.82) is 0 Å². The molecule has 0 bridgehead atoms. The molecule has 4 rings (SSSR count). The van der Waals surface area contributed by atoms with Gasteiger partial charge in [0.1, 0.15) is 18.6 Å². The van der Waals surface area contributed by atoms with Gasteiger partial charge in [-0.2, -0.15) is 5.10 Å². The van der Waals surface area contributed by atoms with Crippen LogP contribution in [0.3, 0.4) is 0 Å². The molecule has 0 spiro atoms. The number of aryl methyl sites for hydroxylation is 2. The summed E-state index contributed by atoms with van der Waals surface area (Å²) in [6, 6.07) is 0. The molecule has 0 amide bonds. The first-order chi connectivity index (χ1) is 13.7. The Labute approximate surface area is 164 Å². The van der Waals surface area contributed by atoms with Gasteiger partial charge in [0, 0.05) is 25.4 Å². The number of hydrogen-bond donors (Lipinski definition) is 2. The first-order valence-corrected chi connectivity index (χ1v) is 9.89. The number of likely N-dealkylation sites (tertiary alicyclic amines) is 1. The lowest BCUT2D eigenvalue weighted by molar-refractivity contribution is 0.0804. The lowest BCUT2D eigenvalue weighted by Gasteiger charge is -2.25. The Morgan fingerprint density at radius 1 is 1.21 bits per heavy atom. The van der Waals surface area contributed by atoms with Crippen LogP contribution in [0.15, 0.2) is 24.9 Å². The van der Waals surface area contributed by atoms with Gasteiger partial charge < -0.3 is 15.1 Å². The van der Waals surface area contributed by atoms with Gasteiger partial charge in [-0.25, -0.2) is 4.98 Å². The summed E-state index contributed by atoms with van der Waals surface area (Å²) >= 11 is 0. The first kappa shape index (κ1) is 18.5. The van der Waals surface area contributed by atoms with E-state index in [2.05, 4.69) is 25.2 Å². The van der Waals surface area contributed by atoms with Crippen molar-refractivity contribution < 1.29 is 4.84 Å². The van der Waals surface area contributed by atoms with Crippen molar-refractivity contribution in [3.05, 3.63) is 36.0 Å². The minimum absolute atomic E-state index is 0.580. The van der Waals surface area contributed by atoms with Gasteiger partial charge in [0.2, 0.25) is 0 Å². The van der Waals surface area contributed by atoms with Crippen molar-refractivity contribution in [2.24, 2.45) is 7.05 Å². The summed E-state index contributed by atoms with van der Waals surface area (Å²) in [5.74, 6) is 0.681. The second kappa shape index (κ2) is 8.47. The molecule has 9 heteroatoms. The molecule has 0 saturated carbocycles. The second-order valence-corrected chi connectivity index (χ2v) is 7.39. The van der Waals surface area contributed by atoms with Crippen LogP contribution in [-0.4, -0.2) is 54.3 Å². The minimum atomic E-state index is 0.580. The highest BCUT2D eigenvalue weighted by Gasteiger charge is 2.15. The highest BCUT2D eigenvalue weighted by molar-refractivity contribution is 5.72. The molecule has 3 aromatic heterocycles. The van der Waals surface area contributed by atoms with Crippen LogP contribution in [-0.2, 0) is 20.0 Å². The van der Waals surface area contributed by atoms with E-state index in [0.717, 1.165) is 36.3 Å². The van der Waals surface area contributed by atoms with E-state index in [0.29, 0.717) is 12.4 Å². The molecule has 0 unspecified atom stereocenters. The highest BCUT2D eigenvalue weighted by atomic mass is 16.7. The van der Waals surface area contributed by atoms with Crippen LogP contribution in [0.5, 0.6) is 0 Å². The van der Waals surface area contributed by atoms with Gasteiger partial charge in [0.05, 0.1) is 18.1 Å². The Bertz CT molecular complexity index is 876. The van der Waals surface area contributed by atoms with Crippen molar-refractivity contribution in [2.45, 2.75) is 38.6 Å². The van der Waals surface area contributed by atoms with Gasteiger partial charge in [-0.3, -0.25) is 10.00 Å². The molecule has 28 heavy (non-hydrogen) atoms. The van der Waals surface area contributed by atoms with Crippen LogP contribution in [0.25, 0.3) is 11.5 Å². The normalized spacial score (nSPS) is 15.2. The third-order valence-electron chi connectivity index (χ3n) is 5.23. The number of hydrogen-bond acceptors (Lipinski definition) is 6. The van der Waals surface area contributed by atoms with Crippen LogP contribution in [0.2, 0.25) is 0 Å². The summed E-state index contributed by atoms with van der Waals surface area (Å²) in [6.07, 6.45) is 13.0. The fourth-order valence-corrected chi connectivity index (χ4v) is 3.81. The zero-order chi connectivity index (χ0) is 19.3. The molecule has 150 valence electrons. The predicted octanol–water partition coefficient (Wildman–Crippen LogP) is 1.64. The largest absolute Gasteiger partial charge is 0.397 e.